The Kier molecular flexibility index (Phi) is 7.24. The number of methoxy groups -OCH3 is 2. The summed E-state index contributed by atoms with van der Waals surface area (Å²) >= 11 is 3.34. The number of thioether (sulfide) groups is 1. The number of benzene rings is 2. The van der Waals surface area contributed by atoms with Crippen molar-refractivity contribution < 1.29 is 14.2 Å². The Morgan fingerprint density at radius 3 is 2.65 bits per heavy atom. The first-order chi connectivity index (χ1) is 16.7. The summed E-state index contributed by atoms with van der Waals surface area (Å²) < 4.78 is 16.3. The zero-order valence-electron chi connectivity index (χ0n) is 19.2. The van der Waals surface area contributed by atoms with Gasteiger partial charge in [0.25, 0.3) is 0 Å². The Morgan fingerprint density at radius 1 is 1.00 bits per heavy atom. The second kappa shape index (κ2) is 10.7. The second-order valence-corrected chi connectivity index (χ2v) is 9.68. The number of rotatable bonds is 8. The van der Waals surface area contributed by atoms with Crippen molar-refractivity contribution in [1.82, 2.24) is 19.9 Å². The molecule has 5 rings (SSSR count). The molecule has 0 saturated carbocycles. The summed E-state index contributed by atoms with van der Waals surface area (Å²) in [7, 11) is 3.28. The van der Waals surface area contributed by atoms with Gasteiger partial charge in [0.05, 0.1) is 45.2 Å². The highest BCUT2D eigenvalue weighted by molar-refractivity contribution is 7.98. The number of fused-ring (bicyclic) bond motifs is 1. The highest BCUT2D eigenvalue weighted by Gasteiger charge is 2.15. The fourth-order valence-corrected chi connectivity index (χ4v) is 5.70. The van der Waals surface area contributed by atoms with E-state index in [-0.39, 0.29) is 0 Å². The lowest BCUT2D eigenvalue weighted by Crippen LogP contribution is -2.36. The van der Waals surface area contributed by atoms with Gasteiger partial charge in [0, 0.05) is 35.2 Å². The van der Waals surface area contributed by atoms with Gasteiger partial charge >= 0.3 is 0 Å². The summed E-state index contributed by atoms with van der Waals surface area (Å²) in [5.41, 5.74) is 3.02. The monoisotopic (exact) mass is 494 g/mol. The zero-order valence-corrected chi connectivity index (χ0v) is 20.8. The first-order valence-corrected chi connectivity index (χ1v) is 13.0. The lowest BCUT2D eigenvalue weighted by atomic mass is 10.2. The van der Waals surface area contributed by atoms with E-state index in [1.54, 1.807) is 37.3 Å². The van der Waals surface area contributed by atoms with Crippen LogP contribution in [-0.2, 0) is 17.0 Å². The Labute approximate surface area is 207 Å². The van der Waals surface area contributed by atoms with Crippen LogP contribution in [0, 0.1) is 0 Å². The van der Waals surface area contributed by atoms with Crippen LogP contribution in [0.25, 0.3) is 21.5 Å². The minimum Gasteiger partial charge on any atom is -0.493 e. The van der Waals surface area contributed by atoms with Crippen LogP contribution in [0.2, 0.25) is 0 Å². The van der Waals surface area contributed by atoms with Crippen molar-refractivity contribution in [3.8, 4) is 22.1 Å². The Hall–Kier alpha value is -2.72. The topological polar surface area (TPSA) is 69.6 Å². The molecule has 0 unspecified atom stereocenters. The minimum atomic E-state index is 0.700. The van der Waals surface area contributed by atoms with E-state index in [1.165, 1.54) is 0 Å². The van der Waals surface area contributed by atoms with Gasteiger partial charge in [-0.3, -0.25) is 4.90 Å². The highest BCUT2D eigenvalue weighted by Crippen LogP contribution is 2.35. The van der Waals surface area contributed by atoms with E-state index < -0.39 is 0 Å². The predicted octanol–water partition coefficient (Wildman–Crippen LogP) is 4.90. The van der Waals surface area contributed by atoms with Crippen LogP contribution in [0.4, 0.5) is 0 Å². The molecular formula is C25H26N4O3S2. The van der Waals surface area contributed by atoms with Gasteiger partial charge in [0.2, 0.25) is 0 Å². The van der Waals surface area contributed by atoms with Crippen molar-refractivity contribution >= 4 is 34.0 Å². The summed E-state index contributed by atoms with van der Waals surface area (Å²) in [6.07, 6.45) is 0. The molecule has 0 aliphatic carbocycles. The van der Waals surface area contributed by atoms with Crippen LogP contribution in [0.1, 0.15) is 11.5 Å². The molecule has 34 heavy (non-hydrogen) atoms. The average Bonchev–Trinajstić information content (AvgIpc) is 3.36. The average molecular weight is 495 g/mol. The van der Waals surface area contributed by atoms with Crippen LogP contribution < -0.4 is 9.47 Å². The molecule has 1 aliphatic heterocycles. The lowest BCUT2D eigenvalue weighted by molar-refractivity contribution is 0.0330. The normalized spacial score (nSPS) is 14.4. The van der Waals surface area contributed by atoms with E-state index in [0.717, 1.165) is 76.6 Å². The maximum absolute atomic E-state index is 5.47. The van der Waals surface area contributed by atoms with Gasteiger partial charge in [-0.25, -0.2) is 15.0 Å². The molecule has 9 heteroatoms. The number of ether oxygens (including phenoxy) is 3. The summed E-state index contributed by atoms with van der Waals surface area (Å²) in [4.78, 5) is 17.0. The molecule has 7 nitrogen and oxygen atoms in total. The summed E-state index contributed by atoms with van der Waals surface area (Å²) in [6.45, 7) is 4.09. The van der Waals surface area contributed by atoms with Crippen LogP contribution in [-0.4, -0.2) is 60.4 Å². The molecule has 2 aromatic carbocycles. The van der Waals surface area contributed by atoms with Crippen molar-refractivity contribution in [2.45, 2.75) is 17.3 Å². The van der Waals surface area contributed by atoms with E-state index in [2.05, 4.69) is 22.4 Å². The van der Waals surface area contributed by atoms with E-state index in [0.29, 0.717) is 11.5 Å². The van der Waals surface area contributed by atoms with Gasteiger partial charge in [-0.2, -0.15) is 0 Å². The molecule has 1 saturated heterocycles. The number of thiazole rings is 1. The molecule has 0 spiro atoms. The van der Waals surface area contributed by atoms with Gasteiger partial charge in [0.15, 0.2) is 11.5 Å². The fraction of sp³-hybridized carbons (Fsp3) is 0.320. The molecule has 0 N–H and O–H groups in total. The summed E-state index contributed by atoms with van der Waals surface area (Å²) in [5, 5.41) is 5.14. The predicted molar refractivity (Wildman–Crippen MR) is 136 cm³/mol. The molecular weight excluding hydrogens is 468 g/mol. The first kappa shape index (κ1) is 23.0. The summed E-state index contributed by atoms with van der Waals surface area (Å²) in [6, 6.07) is 14.1. The van der Waals surface area contributed by atoms with Crippen molar-refractivity contribution in [2.75, 3.05) is 40.5 Å². The number of hydrogen-bond donors (Lipinski definition) is 0. The van der Waals surface area contributed by atoms with Crippen LogP contribution in [0.5, 0.6) is 11.5 Å². The number of morpholine rings is 1. The maximum atomic E-state index is 5.47. The standard InChI is InChI=1S/C25H26N4O3S2/c1-30-21-8-7-17(13-22(21)31-2)24-26-18(15-33-24)16-34-25-19-5-3-4-6-20(19)27-23(28-25)14-29-9-11-32-12-10-29/h3-8,13,15H,9-12,14,16H2,1-2H3. The number of aromatic nitrogens is 3. The van der Waals surface area contributed by atoms with Crippen molar-refractivity contribution in [3.05, 3.63) is 59.4 Å². The first-order valence-electron chi connectivity index (χ1n) is 11.1. The smallest absolute Gasteiger partial charge is 0.161 e. The third-order valence-electron chi connectivity index (χ3n) is 5.62. The Balaban J connectivity index is 1.34. The Morgan fingerprint density at radius 2 is 1.82 bits per heavy atom. The van der Waals surface area contributed by atoms with Gasteiger partial charge in [-0.15, -0.1) is 11.3 Å². The van der Waals surface area contributed by atoms with E-state index in [1.807, 2.05) is 30.3 Å². The maximum Gasteiger partial charge on any atom is 0.161 e. The van der Waals surface area contributed by atoms with Gasteiger partial charge in [-0.05, 0) is 24.3 Å². The molecule has 4 aromatic rings. The molecule has 176 valence electrons. The van der Waals surface area contributed by atoms with Gasteiger partial charge < -0.3 is 14.2 Å². The number of nitrogens with zero attached hydrogens (tertiary/aromatic N) is 4. The lowest BCUT2D eigenvalue weighted by Gasteiger charge is -2.25. The van der Waals surface area contributed by atoms with Crippen molar-refractivity contribution in [3.63, 3.8) is 0 Å². The van der Waals surface area contributed by atoms with Crippen LogP contribution >= 0.6 is 23.1 Å². The molecule has 0 amide bonds. The highest BCUT2D eigenvalue weighted by atomic mass is 32.2. The van der Waals surface area contributed by atoms with E-state index in [4.69, 9.17) is 29.2 Å². The number of hydrogen-bond acceptors (Lipinski definition) is 9. The van der Waals surface area contributed by atoms with E-state index >= 15 is 0 Å². The summed E-state index contributed by atoms with van der Waals surface area (Å²) in [5.74, 6) is 3.00. The van der Waals surface area contributed by atoms with Crippen molar-refractivity contribution in [2.24, 2.45) is 0 Å². The molecule has 0 atom stereocenters. The third-order valence-corrected chi connectivity index (χ3v) is 7.59. The molecule has 2 aromatic heterocycles. The largest absolute Gasteiger partial charge is 0.493 e. The van der Waals surface area contributed by atoms with Crippen LogP contribution in [0.15, 0.2) is 52.9 Å². The van der Waals surface area contributed by atoms with Crippen LogP contribution in [0.3, 0.4) is 0 Å². The van der Waals surface area contributed by atoms with Gasteiger partial charge in [-0.1, -0.05) is 30.0 Å². The Bertz CT molecular complexity index is 1270. The van der Waals surface area contributed by atoms with Gasteiger partial charge in [0.1, 0.15) is 15.9 Å². The minimum absolute atomic E-state index is 0.700. The van der Waals surface area contributed by atoms with E-state index in [9.17, 15) is 0 Å². The molecule has 0 radical (unpaired) electrons. The SMILES string of the molecule is COc1ccc(-c2nc(CSc3nc(CN4CCOCC4)nc4ccccc34)cs2)cc1OC. The molecule has 1 aliphatic rings. The quantitative estimate of drug-likeness (QED) is 0.253. The molecule has 1 fully saturated rings. The number of para-hydroxylation sites is 1. The van der Waals surface area contributed by atoms with Crippen molar-refractivity contribution in [1.29, 1.82) is 0 Å². The molecule has 3 heterocycles. The fourth-order valence-electron chi connectivity index (χ4n) is 3.85. The second-order valence-electron chi connectivity index (χ2n) is 7.85. The zero-order chi connectivity index (χ0) is 23.3. The molecule has 0 bridgehead atoms. The third kappa shape index (κ3) is 5.17.